The number of benzene rings is 2. The van der Waals surface area contributed by atoms with E-state index < -0.39 is 0 Å². The average Bonchev–Trinajstić information content (AvgIpc) is 3.34. The van der Waals surface area contributed by atoms with Crippen LogP contribution in [0.25, 0.3) is 11.1 Å². The summed E-state index contributed by atoms with van der Waals surface area (Å²) in [5.74, 6) is 0.168. The third-order valence-corrected chi connectivity index (χ3v) is 6.91. The molecule has 0 N–H and O–H groups in total. The van der Waals surface area contributed by atoms with Crippen LogP contribution in [-0.4, -0.2) is 76.8 Å². The second kappa shape index (κ2) is 8.61. The van der Waals surface area contributed by atoms with Crippen molar-refractivity contribution in [1.29, 1.82) is 0 Å². The largest absolute Gasteiger partial charge is 0.335 e. The van der Waals surface area contributed by atoms with E-state index in [0.717, 1.165) is 56.0 Å². The summed E-state index contributed by atoms with van der Waals surface area (Å²) >= 11 is 1.39. The number of amides is 2. The molecule has 0 spiro atoms. The van der Waals surface area contributed by atoms with E-state index in [9.17, 15) is 9.59 Å². The fourth-order valence-corrected chi connectivity index (χ4v) is 4.82. The van der Waals surface area contributed by atoms with Crippen molar-refractivity contribution in [1.82, 2.24) is 19.7 Å². The van der Waals surface area contributed by atoms with Crippen molar-refractivity contribution < 1.29 is 9.59 Å². The standard InChI is InChI=1S/C24H24N4O2S/c29-23(20-8-6-19(7-9-20)18-4-2-1-3-5-18)28-15-21(16-28)26-10-12-27(13-11-26)24(30)22-14-25-17-31-22/h1-9,14,17,21H,10-13,15-16H2. The lowest BCUT2D eigenvalue weighted by atomic mass is 10.0. The van der Waals surface area contributed by atoms with Crippen molar-refractivity contribution in [2.45, 2.75) is 6.04 Å². The quantitative estimate of drug-likeness (QED) is 0.636. The molecule has 158 valence electrons. The topological polar surface area (TPSA) is 56.8 Å². The van der Waals surface area contributed by atoms with Crippen LogP contribution >= 0.6 is 11.3 Å². The molecule has 1 aromatic heterocycles. The number of rotatable bonds is 4. The van der Waals surface area contributed by atoms with E-state index in [2.05, 4.69) is 22.0 Å². The van der Waals surface area contributed by atoms with Gasteiger partial charge in [0.05, 0.1) is 11.7 Å². The highest BCUT2D eigenvalue weighted by Crippen LogP contribution is 2.23. The smallest absolute Gasteiger partial charge is 0.265 e. The molecule has 2 saturated heterocycles. The number of likely N-dealkylation sites (tertiary alicyclic amines) is 1. The van der Waals surface area contributed by atoms with Crippen molar-refractivity contribution in [3.05, 3.63) is 76.7 Å². The number of thiazole rings is 1. The molecule has 2 aromatic carbocycles. The highest BCUT2D eigenvalue weighted by Gasteiger charge is 2.37. The van der Waals surface area contributed by atoms with E-state index in [1.54, 1.807) is 11.7 Å². The monoisotopic (exact) mass is 432 g/mol. The molecule has 3 aromatic rings. The van der Waals surface area contributed by atoms with Crippen molar-refractivity contribution in [2.24, 2.45) is 0 Å². The Kier molecular flexibility index (Phi) is 5.53. The molecule has 7 heteroatoms. The van der Waals surface area contributed by atoms with Gasteiger partial charge in [-0.3, -0.25) is 19.5 Å². The van der Waals surface area contributed by atoms with E-state index >= 15 is 0 Å². The molecule has 0 aliphatic carbocycles. The number of nitrogens with zero attached hydrogens (tertiary/aromatic N) is 4. The maximum Gasteiger partial charge on any atom is 0.265 e. The summed E-state index contributed by atoms with van der Waals surface area (Å²) in [7, 11) is 0. The van der Waals surface area contributed by atoms with Crippen LogP contribution in [0.15, 0.2) is 66.3 Å². The first-order valence-corrected chi connectivity index (χ1v) is 11.4. The Morgan fingerprint density at radius 3 is 2.13 bits per heavy atom. The average molecular weight is 433 g/mol. The van der Waals surface area contributed by atoms with E-state index in [-0.39, 0.29) is 11.8 Å². The minimum absolute atomic E-state index is 0.0755. The Labute approximate surface area is 185 Å². The Morgan fingerprint density at radius 1 is 0.806 bits per heavy atom. The van der Waals surface area contributed by atoms with Gasteiger partial charge in [-0.1, -0.05) is 42.5 Å². The van der Waals surface area contributed by atoms with Crippen LogP contribution < -0.4 is 0 Å². The SMILES string of the molecule is O=C(c1ccc(-c2ccccc2)cc1)N1CC(N2CCN(C(=O)c3cncs3)CC2)C1. The van der Waals surface area contributed by atoms with Crippen LogP contribution in [-0.2, 0) is 0 Å². The fraction of sp³-hybridized carbons (Fsp3) is 0.292. The summed E-state index contributed by atoms with van der Waals surface area (Å²) in [6, 6.07) is 18.4. The van der Waals surface area contributed by atoms with Gasteiger partial charge in [-0.15, -0.1) is 11.3 Å². The minimum Gasteiger partial charge on any atom is -0.335 e. The highest BCUT2D eigenvalue weighted by atomic mass is 32.1. The van der Waals surface area contributed by atoms with Crippen LogP contribution in [0.4, 0.5) is 0 Å². The predicted molar refractivity (Wildman–Crippen MR) is 121 cm³/mol. The Balaban J connectivity index is 1.12. The van der Waals surface area contributed by atoms with Gasteiger partial charge < -0.3 is 9.80 Å². The summed E-state index contributed by atoms with van der Waals surface area (Å²) in [4.78, 5) is 36.2. The first kappa shape index (κ1) is 19.9. The van der Waals surface area contributed by atoms with Gasteiger partial charge >= 0.3 is 0 Å². The lowest BCUT2D eigenvalue weighted by Crippen LogP contribution is -2.64. The normalized spacial score (nSPS) is 17.4. The van der Waals surface area contributed by atoms with E-state index in [0.29, 0.717) is 10.9 Å². The summed E-state index contributed by atoms with van der Waals surface area (Å²) in [5, 5.41) is 0. The molecule has 2 aliphatic rings. The van der Waals surface area contributed by atoms with Gasteiger partial charge in [0, 0.05) is 50.9 Å². The maximum absolute atomic E-state index is 12.8. The molecule has 3 heterocycles. The number of hydrogen-bond donors (Lipinski definition) is 0. The first-order valence-electron chi connectivity index (χ1n) is 10.6. The second-order valence-electron chi connectivity index (χ2n) is 8.00. The lowest BCUT2D eigenvalue weighted by Gasteiger charge is -2.48. The molecule has 0 bridgehead atoms. The van der Waals surface area contributed by atoms with E-state index in [1.165, 1.54) is 11.3 Å². The molecule has 0 radical (unpaired) electrons. The molecule has 5 rings (SSSR count). The van der Waals surface area contributed by atoms with Crippen molar-refractivity contribution in [3.63, 3.8) is 0 Å². The summed E-state index contributed by atoms with van der Waals surface area (Å²) in [6.07, 6.45) is 1.64. The van der Waals surface area contributed by atoms with Crippen LogP contribution in [0, 0.1) is 0 Å². The first-order chi connectivity index (χ1) is 15.2. The maximum atomic E-state index is 12.8. The van der Waals surface area contributed by atoms with Crippen LogP contribution in [0.1, 0.15) is 20.0 Å². The third-order valence-electron chi connectivity index (χ3n) is 6.15. The molecular formula is C24H24N4O2S. The minimum atomic E-state index is 0.0755. The van der Waals surface area contributed by atoms with Gasteiger partial charge in [-0.05, 0) is 23.3 Å². The van der Waals surface area contributed by atoms with Gasteiger partial charge in [-0.25, -0.2) is 0 Å². The predicted octanol–water partition coefficient (Wildman–Crippen LogP) is 3.09. The summed E-state index contributed by atoms with van der Waals surface area (Å²) in [6.45, 7) is 4.65. The molecule has 2 amide bonds. The molecule has 0 unspecified atom stereocenters. The highest BCUT2D eigenvalue weighted by molar-refractivity contribution is 7.11. The van der Waals surface area contributed by atoms with Crippen molar-refractivity contribution >= 4 is 23.2 Å². The van der Waals surface area contributed by atoms with Gasteiger partial charge in [0.1, 0.15) is 4.88 Å². The third kappa shape index (κ3) is 4.11. The van der Waals surface area contributed by atoms with Gasteiger partial charge in [0.15, 0.2) is 0 Å². The molecular weight excluding hydrogens is 408 g/mol. The van der Waals surface area contributed by atoms with Crippen LogP contribution in [0.3, 0.4) is 0 Å². The van der Waals surface area contributed by atoms with E-state index in [4.69, 9.17) is 0 Å². The van der Waals surface area contributed by atoms with Crippen molar-refractivity contribution in [2.75, 3.05) is 39.3 Å². The molecule has 6 nitrogen and oxygen atoms in total. The lowest BCUT2D eigenvalue weighted by molar-refractivity contribution is 0.00863. The zero-order chi connectivity index (χ0) is 21.2. The number of carbonyl (C=O) groups excluding carboxylic acids is 2. The Bertz CT molecular complexity index is 1040. The fourth-order valence-electron chi connectivity index (χ4n) is 4.24. The van der Waals surface area contributed by atoms with Crippen LogP contribution in [0.5, 0.6) is 0 Å². The number of aromatic nitrogens is 1. The zero-order valence-corrected chi connectivity index (χ0v) is 18.0. The zero-order valence-electron chi connectivity index (χ0n) is 17.2. The van der Waals surface area contributed by atoms with E-state index in [1.807, 2.05) is 52.3 Å². The number of hydrogen-bond acceptors (Lipinski definition) is 5. The molecule has 2 aliphatic heterocycles. The second-order valence-corrected chi connectivity index (χ2v) is 8.89. The van der Waals surface area contributed by atoms with Crippen molar-refractivity contribution in [3.8, 4) is 11.1 Å². The molecule has 31 heavy (non-hydrogen) atoms. The Morgan fingerprint density at radius 2 is 1.48 bits per heavy atom. The van der Waals surface area contributed by atoms with Gasteiger partial charge in [-0.2, -0.15) is 0 Å². The Hall–Kier alpha value is -3.03. The van der Waals surface area contributed by atoms with Gasteiger partial charge in [0.25, 0.3) is 11.8 Å². The molecule has 0 saturated carbocycles. The molecule has 2 fully saturated rings. The summed E-state index contributed by atoms with van der Waals surface area (Å²) < 4.78 is 0. The summed E-state index contributed by atoms with van der Waals surface area (Å²) in [5.41, 5.74) is 4.69. The van der Waals surface area contributed by atoms with Gasteiger partial charge in [0.2, 0.25) is 0 Å². The molecule has 0 atom stereocenters. The van der Waals surface area contributed by atoms with Crippen LogP contribution in [0.2, 0.25) is 0 Å². The number of carbonyl (C=O) groups is 2. The number of piperazine rings is 1.